The van der Waals surface area contributed by atoms with Crippen molar-refractivity contribution in [2.24, 2.45) is 0 Å². The fraction of sp³-hybridized carbons (Fsp3) is 0.333. The zero-order chi connectivity index (χ0) is 15.2. The van der Waals surface area contributed by atoms with E-state index in [2.05, 4.69) is 20.6 Å². The van der Waals surface area contributed by atoms with Crippen LogP contribution < -0.4 is 20.1 Å². The van der Waals surface area contributed by atoms with Crippen LogP contribution in [0, 0.1) is 6.92 Å². The summed E-state index contributed by atoms with van der Waals surface area (Å²) in [7, 11) is 5.08. The third kappa shape index (κ3) is 3.75. The van der Waals surface area contributed by atoms with Gasteiger partial charge in [0.05, 0.1) is 14.2 Å². The highest BCUT2D eigenvalue weighted by Gasteiger charge is 2.06. The van der Waals surface area contributed by atoms with Gasteiger partial charge in [-0.3, -0.25) is 0 Å². The van der Waals surface area contributed by atoms with Crippen LogP contribution >= 0.6 is 0 Å². The van der Waals surface area contributed by atoms with E-state index in [0.717, 1.165) is 28.6 Å². The Labute approximate surface area is 124 Å². The van der Waals surface area contributed by atoms with E-state index in [9.17, 15) is 0 Å². The molecule has 0 saturated heterocycles. The van der Waals surface area contributed by atoms with Gasteiger partial charge in [-0.1, -0.05) is 0 Å². The molecule has 1 aromatic carbocycles. The SMILES string of the molecule is CNc1nc(C)cc(NCc2ccc(OC)cc2OC)n1. The van der Waals surface area contributed by atoms with Crippen molar-refractivity contribution in [1.29, 1.82) is 0 Å². The standard InChI is InChI=1S/C15H20N4O2/c1-10-7-14(19-15(16-2)18-10)17-9-11-5-6-12(20-3)8-13(11)21-4/h5-8H,9H2,1-4H3,(H2,16,17,18,19). The van der Waals surface area contributed by atoms with Crippen LogP contribution in [-0.2, 0) is 6.54 Å². The summed E-state index contributed by atoms with van der Waals surface area (Å²) in [6.45, 7) is 2.54. The smallest absolute Gasteiger partial charge is 0.224 e. The van der Waals surface area contributed by atoms with Crippen molar-refractivity contribution in [3.05, 3.63) is 35.5 Å². The van der Waals surface area contributed by atoms with E-state index >= 15 is 0 Å². The van der Waals surface area contributed by atoms with Gasteiger partial charge in [-0.05, 0) is 19.1 Å². The first kappa shape index (κ1) is 14.9. The second-order valence-corrected chi connectivity index (χ2v) is 4.50. The molecule has 0 saturated carbocycles. The van der Waals surface area contributed by atoms with E-state index in [-0.39, 0.29) is 0 Å². The lowest BCUT2D eigenvalue weighted by Gasteiger charge is -2.12. The highest BCUT2D eigenvalue weighted by atomic mass is 16.5. The van der Waals surface area contributed by atoms with Gasteiger partial charge in [0.2, 0.25) is 5.95 Å². The molecule has 112 valence electrons. The van der Waals surface area contributed by atoms with E-state index in [1.54, 1.807) is 21.3 Å². The number of methoxy groups -OCH3 is 2. The van der Waals surface area contributed by atoms with Crippen LogP contribution in [0.1, 0.15) is 11.3 Å². The Balaban J connectivity index is 2.14. The monoisotopic (exact) mass is 288 g/mol. The number of hydrogen-bond acceptors (Lipinski definition) is 6. The molecule has 2 N–H and O–H groups in total. The van der Waals surface area contributed by atoms with Gasteiger partial charge in [-0.15, -0.1) is 0 Å². The topological polar surface area (TPSA) is 68.3 Å². The van der Waals surface area contributed by atoms with Crippen LogP contribution in [0.15, 0.2) is 24.3 Å². The summed E-state index contributed by atoms with van der Waals surface area (Å²) in [5.74, 6) is 2.91. The van der Waals surface area contributed by atoms with E-state index in [1.807, 2.05) is 31.2 Å². The Bertz CT molecular complexity index is 617. The van der Waals surface area contributed by atoms with Crippen LogP contribution in [0.25, 0.3) is 0 Å². The van der Waals surface area contributed by atoms with Crippen molar-refractivity contribution in [1.82, 2.24) is 9.97 Å². The maximum Gasteiger partial charge on any atom is 0.224 e. The van der Waals surface area contributed by atoms with Gasteiger partial charge in [0.25, 0.3) is 0 Å². The molecular weight excluding hydrogens is 268 g/mol. The zero-order valence-corrected chi connectivity index (χ0v) is 12.7. The minimum atomic E-state index is 0.596. The number of anilines is 2. The first-order valence-corrected chi connectivity index (χ1v) is 6.64. The summed E-state index contributed by atoms with van der Waals surface area (Å²) in [4.78, 5) is 8.62. The molecule has 0 aliphatic heterocycles. The fourth-order valence-electron chi connectivity index (χ4n) is 1.95. The number of ether oxygens (including phenoxy) is 2. The Hall–Kier alpha value is -2.50. The number of nitrogens with one attached hydrogen (secondary N) is 2. The van der Waals surface area contributed by atoms with Crippen molar-refractivity contribution in [3.63, 3.8) is 0 Å². The molecule has 21 heavy (non-hydrogen) atoms. The van der Waals surface area contributed by atoms with Gasteiger partial charge in [0.15, 0.2) is 0 Å². The van der Waals surface area contributed by atoms with Crippen molar-refractivity contribution >= 4 is 11.8 Å². The highest BCUT2D eigenvalue weighted by Crippen LogP contribution is 2.25. The Kier molecular flexibility index (Phi) is 4.81. The van der Waals surface area contributed by atoms with Crippen LogP contribution in [0.3, 0.4) is 0 Å². The van der Waals surface area contributed by atoms with Crippen molar-refractivity contribution in [3.8, 4) is 11.5 Å². The molecule has 2 aromatic rings. The Morgan fingerprint density at radius 1 is 1.10 bits per heavy atom. The number of benzene rings is 1. The lowest BCUT2D eigenvalue weighted by Crippen LogP contribution is -2.06. The van der Waals surface area contributed by atoms with Gasteiger partial charge < -0.3 is 20.1 Å². The molecule has 0 unspecified atom stereocenters. The number of nitrogens with zero attached hydrogens (tertiary/aromatic N) is 2. The quantitative estimate of drug-likeness (QED) is 0.851. The van der Waals surface area contributed by atoms with E-state index in [1.165, 1.54) is 0 Å². The largest absolute Gasteiger partial charge is 0.497 e. The number of rotatable bonds is 6. The zero-order valence-electron chi connectivity index (χ0n) is 12.7. The molecule has 0 radical (unpaired) electrons. The van der Waals surface area contributed by atoms with Crippen molar-refractivity contribution in [2.45, 2.75) is 13.5 Å². The minimum Gasteiger partial charge on any atom is -0.497 e. The predicted molar refractivity (Wildman–Crippen MR) is 83.2 cm³/mol. The molecule has 0 amide bonds. The van der Waals surface area contributed by atoms with Crippen LogP contribution in [0.5, 0.6) is 11.5 Å². The van der Waals surface area contributed by atoms with Crippen molar-refractivity contribution in [2.75, 3.05) is 31.9 Å². The Morgan fingerprint density at radius 2 is 1.90 bits per heavy atom. The molecule has 0 bridgehead atoms. The molecule has 0 aliphatic rings. The Morgan fingerprint density at radius 3 is 2.57 bits per heavy atom. The molecule has 2 rings (SSSR count). The van der Waals surface area contributed by atoms with Crippen molar-refractivity contribution < 1.29 is 9.47 Å². The van der Waals surface area contributed by atoms with Crippen LogP contribution in [0.4, 0.5) is 11.8 Å². The van der Waals surface area contributed by atoms with Gasteiger partial charge in [0.1, 0.15) is 17.3 Å². The van der Waals surface area contributed by atoms with E-state index < -0.39 is 0 Å². The van der Waals surface area contributed by atoms with Crippen LogP contribution in [0.2, 0.25) is 0 Å². The normalized spacial score (nSPS) is 10.1. The molecule has 0 fully saturated rings. The second-order valence-electron chi connectivity index (χ2n) is 4.50. The summed E-state index contributed by atoms with van der Waals surface area (Å²) in [5.41, 5.74) is 1.93. The average molecular weight is 288 g/mol. The first-order valence-electron chi connectivity index (χ1n) is 6.64. The summed E-state index contributed by atoms with van der Waals surface area (Å²) in [6, 6.07) is 7.64. The average Bonchev–Trinajstić information content (AvgIpc) is 2.52. The van der Waals surface area contributed by atoms with Gasteiger partial charge in [-0.25, -0.2) is 4.98 Å². The van der Waals surface area contributed by atoms with Crippen LogP contribution in [-0.4, -0.2) is 31.2 Å². The molecule has 6 nitrogen and oxygen atoms in total. The number of hydrogen-bond donors (Lipinski definition) is 2. The molecular formula is C15H20N4O2. The minimum absolute atomic E-state index is 0.596. The molecule has 0 atom stereocenters. The van der Waals surface area contributed by atoms with Gasteiger partial charge >= 0.3 is 0 Å². The maximum atomic E-state index is 5.38. The molecule has 6 heteroatoms. The molecule has 0 spiro atoms. The third-order valence-corrected chi connectivity index (χ3v) is 3.03. The predicted octanol–water partition coefficient (Wildman–Crippen LogP) is 2.46. The summed E-state index contributed by atoms with van der Waals surface area (Å²) < 4.78 is 10.6. The lowest BCUT2D eigenvalue weighted by molar-refractivity contribution is 0.391. The summed E-state index contributed by atoms with van der Waals surface area (Å²) in [5, 5.41) is 6.22. The molecule has 1 aromatic heterocycles. The van der Waals surface area contributed by atoms with E-state index in [4.69, 9.17) is 9.47 Å². The molecule has 1 heterocycles. The molecule has 0 aliphatic carbocycles. The fourth-order valence-corrected chi connectivity index (χ4v) is 1.95. The van der Waals surface area contributed by atoms with Gasteiger partial charge in [0, 0.05) is 37.0 Å². The second kappa shape index (κ2) is 6.78. The number of aromatic nitrogens is 2. The third-order valence-electron chi connectivity index (χ3n) is 3.03. The maximum absolute atomic E-state index is 5.38. The highest BCUT2D eigenvalue weighted by molar-refractivity contribution is 5.46. The summed E-state index contributed by atoms with van der Waals surface area (Å²) >= 11 is 0. The first-order chi connectivity index (χ1) is 10.2. The van der Waals surface area contributed by atoms with Gasteiger partial charge in [-0.2, -0.15) is 4.98 Å². The number of aryl methyl sites for hydroxylation is 1. The lowest BCUT2D eigenvalue weighted by atomic mass is 10.2. The van der Waals surface area contributed by atoms with E-state index in [0.29, 0.717) is 12.5 Å². The summed E-state index contributed by atoms with van der Waals surface area (Å²) in [6.07, 6.45) is 0.